The number of anilines is 1. The van der Waals surface area contributed by atoms with E-state index in [0.717, 1.165) is 29.4 Å². The van der Waals surface area contributed by atoms with Crippen molar-refractivity contribution in [2.24, 2.45) is 5.92 Å². The first-order valence-electron chi connectivity index (χ1n) is 6.16. The Labute approximate surface area is 113 Å². The summed E-state index contributed by atoms with van der Waals surface area (Å²) in [6.07, 6.45) is 5.17. The molecular formula is C12H15BrN4O. The zero-order valence-corrected chi connectivity index (χ0v) is 11.5. The summed E-state index contributed by atoms with van der Waals surface area (Å²) >= 11 is 3.46. The predicted octanol–water partition coefficient (Wildman–Crippen LogP) is 2.06. The quantitative estimate of drug-likeness (QED) is 0.911. The predicted molar refractivity (Wildman–Crippen MR) is 72.5 cm³/mol. The number of hydrogen-bond acceptors (Lipinski definition) is 4. The Bertz CT molecular complexity index is 556. The van der Waals surface area contributed by atoms with Crippen molar-refractivity contribution in [2.75, 3.05) is 11.9 Å². The van der Waals surface area contributed by atoms with E-state index in [-0.39, 0.29) is 12.6 Å². The lowest BCUT2D eigenvalue weighted by molar-refractivity contribution is 0.222. The average Bonchev–Trinajstić information content (AvgIpc) is 2.96. The van der Waals surface area contributed by atoms with Gasteiger partial charge in [-0.25, -0.2) is 4.52 Å². The molecule has 2 aromatic rings. The van der Waals surface area contributed by atoms with Gasteiger partial charge in [-0.15, -0.1) is 5.10 Å². The molecule has 3 rings (SSSR count). The van der Waals surface area contributed by atoms with Crippen LogP contribution in [0.15, 0.2) is 22.8 Å². The summed E-state index contributed by atoms with van der Waals surface area (Å²) in [4.78, 5) is 4.46. The van der Waals surface area contributed by atoms with Crippen molar-refractivity contribution in [1.29, 1.82) is 0 Å². The maximum Gasteiger partial charge on any atom is 0.243 e. The Kier molecular flexibility index (Phi) is 3.22. The molecule has 0 bridgehead atoms. The highest BCUT2D eigenvalue weighted by molar-refractivity contribution is 9.10. The smallest absolute Gasteiger partial charge is 0.243 e. The van der Waals surface area contributed by atoms with Crippen LogP contribution in [0, 0.1) is 5.92 Å². The first-order valence-corrected chi connectivity index (χ1v) is 6.95. The van der Waals surface area contributed by atoms with E-state index in [9.17, 15) is 5.11 Å². The molecule has 6 heteroatoms. The van der Waals surface area contributed by atoms with Crippen LogP contribution in [0.4, 0.5) is 5.95 Å². The molecule has 96 valence electrons. The van der Waals surface area contributed by atoms with Gasteiger partial charge < -0.3 is 10.4 Å². The molecule has 1 aliphatic carbocycles. The lowest BCUT2D eigenvalue weighted by Crippen LogP contribution is -2.26. The fourth-order valence-electron chi connectivity index (χ4n) is 2.55. The molecule has 1 saturated carbocycles. The second-order valence-corrected chi connectivity index (χ2v) is 5.54. The van der Waals surface area contributed by atoms with Crippen molar-refractivity contribution >= 4 is 27.5 Å². The number of halogens is 1. The topological polar surface area (TPSA) is 62.5 Å². The third-order valence-electron chi connectivity index (χ3n) is 3.52. The van der Waals surface area contributed by atoms with Crippen LogP contribution < -0.4 is 5.32 Å². The number of aromatic nitrogens is 3. The average molecular weight is 311 g/mol. The minimum atomic E-state index is 0.231. The SMILES string of the molecule is OCC1CCCC1Nc1nc2c(Br)cccn2n1. The van der Waals surface area contributed by atoms with Crippen LogP contribution in [0.25, 0.3) is 5.65 Å². The van der Waals surface area contributed by atoms with Crippen LogP contribution in [0.1, 0.15) is 19.3 Å². The fraction of sp³-hybridized carbons (Fsp3) is 0.500. The van der Waals surface area contributed by atoms with Crippen molar-refractivity contribution in [3.05, 3.63) is 22.8 Å². The summed E-state index contributed by atoms with van der Waals surface area (Å²) in [5.74, 6) is 0.951. The number of fused-ring (bicyclic) bond motifs is 1. The molecule has 0 aromatic carbocycles. The van der Waals surface area contributed by atoms with E-state index in [0.29, 0.717) is 11.9 Å². The van der Waals surface area contributed by atoms with E-state index < -0.39 is 0 Å². The van der Waals surface area contributed by atoms with Gasteiger partial charge in [0.25, 0.3) is 0 Å². The largest absolute Gasteiger partial charge is 0.396 e. The van der Waals surface area contributed by atoms with Crippen LogP contribution in [0.3, 0.4) is 0 Å². The molecule has 2 unspecified atom stereocenters. The summed E-state index contributed by atoms with van der Waals surface area (Å²) in [6, 6.07) is 4.15. The first kappa shape index (κ1) is 11.9. The van der Waals surface area contributed by atoms with Crippen LogP contribution >= 0.6 is 15.9 Å². The van der Waals surface area contributed by atoms with E-state index in [1.165, 1.54) is 0 Å². The summed E-state index contributed by atoms with van der Waals surface area (Å²) in [7, 11) is 0. The lowest BCUT2D eigenvalue weighted by atomic mass is 10.1. The second-order valence-electron chi connectivity index (χ2n) is 4.68. The number of hydrogen-bond donors (Lipinski definition) is 2. The third-order valence-corrected chi connectivity index (χ3v) is 4.14. The highest BCUT2D eigenvalue weighted by Gasteiger charge is 2.27. The minimum Gasteiger partial charge on any atom is -0.396 e. The normalized spacial score (nSPS) is 23.7. The Morgan fingerprint density at radius 3 is 3.17 bits per heavy atom. The van der Waals surface area contributed by atoms with Gasteiger partial charge in [0.2, 0.25) is 5.95 Å². The highest BCUT2D eigenvalue weighted by Crippen LogP contribution is 2.27. The Morgan fingerprint density at radius 1 is 1.50 bits per heavy atom. The molecule has 0 aliphatic heterocycles. The number of pyridine rings is 1. The van der Waals surface area contributed by atoms with E-state index >= 15 is 0 Å². The molecule has 1 aliphatic rings. The number of nitrogens with zero attached hydrogens (tertiary/aromatic N) is 3. The molecular weight excluding hydrogens is 296 g/mol. The molecule has 2 aromatic heterocycles. The van der Waals surface area contributed by atoms with Gasteiger partial charge in [-0.1, -0.05) is 6.42 Å². The maximum atomic E-state index is 9.30. The Morgan fingerprint density at radius 2 is 2.39 bits per heavy atom. The van der Waals surface area contributed by atoms with Crippen LogP contribution in [0.2, 0.25) is 0 Å². The van der Waals surface area contributed by atoms with E-state index in [4.69, 9.17) is 0 Å². The van der Waals surface area contributed by atoms with Gasteiger partial charge in [-0.05, 0) is 40.9 Å². The fourth-order valence-corrected chi connectivity index (χ4v) is 2.97. The van der Waals surface area contributed by atoms with Crippen molar-refractivity contribution in [3.8, 4) is 0 Å². The minimum absolute atomic E-state index is 0.231. The molecule has 2 N–H and O–H groups in total. The number of nitrogens with one attached hydrogen (secondary N) is 1. The van der Waals surface area contributed by atoms with Crippen molar-refractivity contribution < 1.29 is 5.11 Å². The van der Waals surface area contributed by atoms with Crippen molar-refractivity contribution in [2.45, 2.75) is 25.3 Å². The molecule has 2 heterocycles. The molecule has 5 nitrogen and oxygen atoms in total. The van der Waals surface area contributed by atoms with E-state index in [1.807, 2.05) is 18.3 Å². The first-order chi connectivity index (χ1) is 8.78. The van der Waals surface area contributed by atoms with Crippen molar-refractivity contribution in [1.82, 2.24) is 14.6 Å². The summed E-state index contributed by atoms with van der Waals surface area (Å²) < 4.78 is 2.67. The van der Waals surface area contributed by atoms with Crippen LogP contribution in [0.5, 0.6) is 0 Å². The number of aliphatic hydroxyl groups is 1. The second kappa shape index (κ2) is 4.85. The summed E-state index contributed by atoms with van der Waals surface area (Å²) in [6.45, 7) is 0.231. The van der Waals surface area contributed by atoms with Gasteiger partial charge in [0.05, 0.1) is 4.47 Å². The molecule has 0 saturated heterocycles. The highest BCUT2D eigenvalue weighted by atomic mass is 79.9. The number of aliphatic hydroxyl groups excluding tert-OH is 1. The number of rotatable bonds is 3. The van der Waals surface area contributed by atoms with E-state index in [2.05, 4.69) is 31.3 Å². The molecule has 0 amide bonds. The zero-order chi connectivity index (χ0) is 12.5. The molecule has 0 radical (unpaired) electrons. The zero-order valence-electron chi connectivity index (χ0n) is 9.88. The van der Waals surface area contributed by atoms with Gasteiger partial charge in [0.1, 0.15) is 0 Å². The van der Waals surface area contributed by atoms with E-state index in [1.54, 1.807) is 4.52 Å². The van der Waals surface area contributed by atoms with Gasteiger partial charge in [-0.2, -0.15) is 4.98 Å². The molecule has 18 heavy (non-hydrogen) atoms. The third kappa shape index (κ3) is 2.10. The van der Waals surface area contributed by atoms with Gasteiger partial charge in [0, 0.05) is 24.8 Å². The molecule has 2 atom stereocenters. The van der Waals surface area contributed by atoms with Gasteiger partial charge in [0.15, 0.2) is 5.65 Å². The standard InChI is InChI=1S/C12H15BrN4O/c13-9-4-2-6-17-11(9)15-12(16-17)14-10-5-1-3-8(10)7-18/h2,4,6,8,10,18H,1,3,5,7H2,(H,14,16). The Hall–Kier alpha value is -1.14. The summed E-state index contributed by atoms with van der Waals surface area (Å²) in [5, 5.41) is 17.0. The molecule has 1 fully saturated rings. The lowest BCUT2D eigenvalue weighted by Gasteiger charge is -2.17. The van der Waals surface area contributed by atoms with Gasteiger partial charge in [-0.3, -0.25) is 0 Å². The Balaban J connectivity index is 1.84. The van der Waals surface area contributed by atoms with Crippen LogP contribution in [-0.2, 0) is 0 Å². The molecule has 0 spiro atoms. The van der Waals surface area contributed by atoms with Gasteiger partial charge >= 0.3 is 0 Å². The monoisotopic (exact) mass is 310 g/mol. The summed E-state index contributed by atoms with van der Waals surface area (Å²) in [5.41, 5.74) is 0.804. The van der Waals surface area contributed by atoms with Crippen molar-refractivity contribution in [3.63, 3.8) is 0 Å². The maximum absolute atomic E-state index is 9.30. The van der Waals surface area contributed by atoms with Crippen LogP contribution in [-0.4, -0.2) is 32.4 Å².